The van der Waals surface area contributed by atoms with E-state index in [0.29, 0.717) is 5.56 Å². The minimum Gasteiger partial charge on any atom is -0.458 e. The molecule has 0 heterocycles. The van der Waals surface area contributed by atoms with Crippen LogP contribution in [0, 0.1) is 11.8 Å². The predicted octanol–water partition coefficient (Wildman–Crippen LogP) is 4.78. The van der Waals surface area contributed by atoms with Crippen molar-refractivity contribution in [3.05, 3.63) is 23.8 Å². The fourth-order valence-corrected chi connectivity index (χ4v) is 2.72. The van der Waals surface area contributed by atoms with Gasteiger partial charge in [0, 0.05) is 0 Å². The van der Waals surface area contributed by atoms with E-state index in [-0.39, 0.29) is 49.1 Å². The second-order valence-electron chi connectivity index (χ2n) is 10.1. The summed E-state index contributed by atoms with van der Waals surface area (Å²) in [5.41, 5.74) is 6.52. The molecule has 1 rings (SSSR count). The first-order chi connectivity index (χ1) is 18.2. The summed E-state index contributed by atoms with van der Waals surface area (Å²) in [6, 6.07) is 3.22. The molecule has 0 aliphatic heterocycles. The van der Waals surface area contributed by atoms with Crippen molar-refractivity contribution in [1.29, 1.82) is 0 Å². The maximum absolute atomic E-state index is 12.6. The molecule has 0 radical (unpaired) electrons. The number of nitrogens with two attached hydrogens (primary N) is 1. The lowest BCUT2D eigenvalue weighted by Gasteiger charge is -2.22. The Morgan fingerprint density at radius 1 is 0.692 bits per heavy atom. The summed E-state index contributed by atoms with van der Waals surface area (Å²) in [4.78, 5) is 48.5. The molecule has 0 amide bonds. The quantitative estimate of drug-likeness (QED) is 0.202. The molecule has 0 fully saturated rings. The Balaban J connectivity index is 2.92. The third-order valence-electron chi connectivity index (χ3n) is 4.80. The SMILES string of the molecule is CC(C)COC(=O)Oc1ccc(C[C@H](N)C(=O)O[C@@H](C)C(C)OC(=O)OC(C)C)cc1OC(=O)OCC(C)C. The molecule has 0 aliphatic carbocycles. The molecule has 12 nitrogen and oxygen atoms in total. The molecule has 3 atom stereocenters. The summed E-state index contributed by atoms with van der Waals surface area (Å²) in [5, 5.41) is 0. The standard InChI is InChI=1S/C27H41NO11/c1-15(2)13-33-25(30)38-22-10-9-20(12-23(22)39-26(31)34-14-16(3)4)11-21(28)24(29)36-18(7)19(8)37-27(32)35-17(5)6/h9-10,12,15-19,21H,11,13-14,28H2,1-8H3/t18-,19?,21-/m0/s1. The van der Waals surface area contributed by atoms with Crippen LogP contribution in [0.3, 0.4) is 0 Å². The van der Waals surface area contributed by atoms with Crippen molar-refractivity contribution in [3.63, 3.8) is 0 Å². The summed E-state index contributed by atoms with van der Waals surface area (Å²) in [6.45, 7) is 14.2. The second-order valence-corrected chi connectivity index (χ2v) is 10.1. The molecule has 0 saturated heterocycles. The largest absolute Gasteiger partial charge is 0.513 e. The van der Waals surface area contributed by atoms with E-state index in [9.17, 15) is 19.2 Å². The van der Waals surface area contributed by atoms with Gasteiger partial charge in [-0.15, -0.1) is 0 Å². The lowest BCUT2D eigenvalue weighted by molar-refractivity contribution is -0.155. The van der Waals surface area contributed by atoms with Gasteiger partial charge in [-0.05, 0) is 63.6 Å². The summed E-state index contributed by atoms with van der Waals surface area (Å²) in [5.74, 6) is -0.785. The Hall–Kier alpha value is -3.54. The molecule has 2 N–H and O–H groups in total. The maximum Gasteiger partial charge on any atom is 0.513 e. The van der Waals surface area contributed by atoms with Gasteiger partial charge in [-0.2, -0.15) is 0 Å². The molecule has 220 valence electrons. The van der Waals surface area contributed by atoms with E-state index in [1.807, 2.05) is 27.7 Å². The van der Waals surface area contributed by atoms with Crippen LogP contribution < -0.4 is 15.2 Å². The van der Waals surface area contributed by atoms with Gasteiger partial charge < -0.3 is 38.9 Å². The highest BCUT2D eigenvalue weighted by Crippen LogP contribution is 2.30. The van der Waals surface area contributed by atoms with Crippen LogP contribution in [0.4, 0.5) is 14.4 Å². The zero-order valence-corrected chi connectivity index (χ0v) is 23.9. The van der Waals surface area contributed by atoms with E-state index in [1.165, 1.54) is 12.1 Å². The van der Waals surface area contributed by atoms with Crippen molar-refractivity contribution >= 4 is 24.4 Å². The second kappa shape index (κ2) is 16.4. The Morgan fingerprint density at radius 2 is 1.21 bits per heavy atom. The highest BCUT2D eigenvalue weighted by atomic mass is 16.8. The van der Waals surface area contributed by atoms with Crippen molar-refractivity contribution in [2.45, 2.75) is 86.2 Å². The number of ether oxygens (including phenoxy) is 7. The fraction of sp³-hybridized carbons (Fsp3) is 0.630. The van der Waals surface area contributed by atoms with E-state index in [2.05, 4.69) is 0 Å². The Kier molecular flexibility index (Phi) is 14.1. The lowest BCUT2D eigenvalue weighted by Crippen LogP contribution is -2.39. The Labute approximate surface area is 229 Å². The normalized spacial score (nSPS) is 13.3. The van der Waals surface area contributed by atoms with Crippen molar-refractivity contribution in [2.75, 3.05) is 13.2 Å². The molecule has 0 saturated carbocycles. The third kappa shape index (κ3) is 13.7. The van der Waals surface area contributed by atoms with Gasteiger partial charge in [-0.25, -0.2) is 14.4 Å². The molecule has 1 aromatic carbocycles. The number of carbonyl (C=O) groups excluding carboxylic acids is 4. The van der Waals surface area contributed by atoms with Crippen LogP contribution in [0.25, 0.3) is 0 Å². The molecule has 1 unspecified atom stereocenters. The zero-order chi connectivity index (χ0) is 29.7. The van der Waals surface area contributed by atoms with E-state index in [4.69, 9.17) is 38.9 Å². The van der Waals surface area contributed by atoms with Gasteiger partial charge in [-0.3, -0.25) is 4.79 Å². The van der Waals surface area contributed by atoms with Crippen LogP contribution in [0.15, 0.2) is 18.2 Å². The van der Waals surface area contributed by atoms with Crippen LogP contribution in [-0.2, 0) is 34.9 Å². The van der Waals surface area contributed by atoms with Gasteiger partial charge in [0.15, 0.2) is 11.5 Å². The molecule has 0 aliphatic rings. The first-order valence-electron chi connectivity index (χ1n) is 12.8. The molecular weight excluding hydrogens is 514 g/mol. The number of esters is 1. The lowest BCUT2D eigenvalue weighted by atomic mass is 10.1. The minimum atomic E-state index is -1.11. The van der Waals surface area contributed by atoms with Gasteiger partial charge in [0.2, 0.25) is 0 Å². The van der Waals surface area contributed by atoms with Gasteiger partial charge in [0.05, 0.1) is 19.3 Å². The number of hydrogen-bond acceptors (Lipinski definition) is 12. The summed E-state index contributed by atoms with van der Waals surface area (Å²) < 4.78 is 35.9. The van der Waals surface area contributed by atoms with Crippen molar-refractivity contribution in [1.82, 2.24) is 0 Å². The zero-order valence-electron chi connectivity index (χ0n) is 23.9. The predicted molar refractivity (Wildman–Crippen MR) is 139 cm³/mol. The average Bonchev–Trinajstić information content (AvgIpc) is 2.82. The Morgan fingerprint density at radius 3 is 1.72 bits per heavy atom. The number of carbonyl (C=O) groups is 4. The van der Waals surface area contributed by atoms with E-state index in [0.717, 1.165) is 0 Å². The molecule has 39 heavy (non-hydrogen) atoms. The summed E-state index contributed by atoms with van der Waals surface area (Å²) in [7, 11) is 0. The molecule has 0 spiro atoms. The molecular formula is C27H41NO11. The monoisotopic (exact) mass is 555 g/mol. The topological polar surface area (TPSA) is 159 Å². The van der Waals surface area contributed by atoms with Crippen molar-refractivity contribution in [3.8, 4) is 11.5 Å². The smallest absolute Gasteiger partial charge is 0.458 e. The number of rotatable bonds is 13. The summed E-state index contributed by atoms with van der Waals surface area (Å²) >= 11 is 0. The molecule has 12 heteroatoms. The van der Waals surface area contributed by atoms with E-state index in [1.54, 1.807) is 33.8 Å². The highest BCUT2D eigenvalue weighted by molar-refractivity contribution is 5.76. The molecule has 1 aromatic rings. The molecule has 0 bridgehead atoms. The average molecular weight is 556 g/mol. The summed E-state index contributed by atoms with van der Waals surface area (Å²) in [6.07, 6.45) is -4.79. The van der Waals surface area contributed by atoms with E-state index < -0.39 is 42.7 Å². The van der Waals surface area contributed by atoms with Crippen LogP contribution in [0.2, 0.25) is 0 Å². The first-order valence-corrected chi connectivity index (χ1v) is 12.8. The van der Waals surface area contributed by atoms with Gasteiger partial charge in [-0.1, -0.05) is 33.8 Å². The van der Waals surface area contributed by atoms with Crippen molar-refractivity contribution in [2.24, 2.45) is 17.6 Å². The van der Waals surface area contributed by atoms with Crippen molar-refractivity contribution < 1.29 is 52.3 Å². The van der Waals surface area contributed by atoms with Crippen LogP contribution in [0.5, 0.6) is 11.5 Å². The van der Waals surface area contributed by atoms with E-state index >= 15 is 0 Å². The maximum atomic E-state index is 12.6. The van der Waals surface area contributed by atoms with Gasteiger partial charge in [0.1, 0.15) is 18.2 Å². The van der Waals surface area contributed by atoms with Gasteiger partial charge >= 0.3 is 24.4 Å². The Bertz CT molecular complexity index is 961. The third-order valence-corrected chi connectivity index (χ3v) is 4.80. The highest BCUT2D eigenvalue weighted by Gasteiger charge is 2.26. The van der Waals surface area contributed by atoms with Crippen LogP contribution >= 0.6 is 0 Å². The molecule has 0 aromatic heterocycles. The first kappa shape index (κ1) is 33.5. The van der Waals surface area contributed by atoms with Crippen LogP contribution in [0.1, 0.15) is 61.0 Å². The fourth-order valence-electron chi connectivity index (χ4n) is 2.72. The minimum absolute atomic E-state index is 0.00827. The van der Waals surface area contributed by atoms with Gasteiger partial charge in [0.25, 0.3) is 0 Å². The number of hydrogen-bond donors (Lipinski definition) is 1. The number of benzene rings is 1. The van der Waals surface area contributed by atoms with Crippen LogP contribution in [-0.4, -0.2) is 62.0 Å².